The molecule has 148 valence electrons. The predicted octanol–water partition coefficient (Wildman–Crippen LogP) is 4.99. The zero-order chi connectivity index (χ0) is 20.8. The predicted molar refractivity (Wildman–Crippen MR) is 122 cm³/mol. The molecule has 5 heteroatoms. The van der Waals surface area contributed by atoms with Gasteiger partial charge in [-0.15, -0.1) is 0 Å². The Morgan fingerprint density at radius 1 is 0.897 bits per heavy atom. The van der Waals surface area contributed by atoms with Gasteiger partial charge in [0.25, 0.3) is 0 Å². The van der Waals surface area contributed by atoms with Crippen molar-refractivity contribution in [2.24, 2.45) is 5.41 Å². The number of fused-ring (bicyclic) bond motifs is 3. The van der Waals surface area contributed by atoms with Crippen LogP contribution in [-0.2, 0) is 11.3 Å². The first-order valence-electron chi connectivity index (χ1n) is 9.70. The van der Waals surface area contributed by atoms with E-state index in [1.54, 1.807) is 0 Å². The van der Waals surface area contributed by atoms with Crippen LogP contribution in [0.5, 0.6) is 0 Å². The first kappa shape index (κ1) is 18.9. The van der Waals surface area contributed by atoms with Gasteiger partial charge in [0.05, 0.1) is 11.0 Å². The highest BCUT2D eigenvalue weighted by atomic mass is 16.2. The first-order valence-corrected chi connectivity index (χ1v) is 9.70. The number of benzene rings is 3. The van der Waals surface area contributed by atoms with E-state index in [0.717, 1.165) is 44.4 Å². The standard InChI is InChI=1S/C24H26N4O/c1-24(2,3)23(29)27-18-6-4-5-15(11-18)14-28-21-12-16(25)7-9-19(21)20-10-8-17(26)13-22(20)28/h4-13H,14,25-26H2,1-3H3,(H,27,29). The van der Waals surface area contributed by atoms with Gasteiger partial charge in [-0.3, -0.25) is 4.79 Å². The Labute approximate surface area is 170 Å². The summed E-state index contributed by atoms with van der Waals surface area (Å²) in [6.45, 7) is 6.35. The van der Waals surface area contributed by atoms with Gasteiger partial charge in [0.2, 0.25) is 5.91 Å². The van der Waals surface area contributed by atoms with Crippen LogP contribution in [0.25, 0.3) is 21.8 Å². The van der Waals surface area contributed by atoms with Crippen molar-refractivity contribution in [3.05, 3.63) is 66.2 Å². The summed E-state index contributed by atoms with van der Waals surface area (Å²) in [5.41, 5.74) is 17.1. The summed E-state index contributed by atoms with van der Waals surface area (Å²) in [7, 11) is 0. The highest BCUT2D eigenvalue weighted by Gasteiger charge is 2.21. The van der Waals surface area contributed by atoms with E-state index in [9.17, 15) is 4.79 Å². The molecule has 0 bridgehead atoms. The Bertz CT molecular complexity index is 1170. The minimum atomic E-state index is -0.447. The van der Waals surface area contributed by atoms with E-state index in [1.165, 1.54) is 0 Å². The number of anilines is 3. The Hall–Kier alpha value is -3.47. The second-order valence-corrected chi connectivity index (χ2v) is 8.54. The van der Waals surface area contributed by atoms with Gasteiger partial charge in [0.1, 0.15) is 0 Å². The molecule has 0 aliphatic carbocycles. The molecular formula is C24H26N4O. The van der Waals surface area contributed by atoms with Gasteiger partial charge in [-0.05, 0) is 42.0 Å². The number of nitrogen functional groups attached to an aromatic ring is 2. The van der Waals surface area contributed by atoms with Gasteiger partial charge in [0.15, 0.2) is 0 Å². The molecule has 0 aliphatic rings. The summed E-state index contributed by atoms with van der Waals surface area (Å²) in [4.78, 5) is 12.3. The SMILES string of the molecule is CC(C)(C)C(=O)Nc1cccc(Cn2c3cc(N)ccc3c3ccc(N)cc32)c1. The van der Waals surface area contributed by atoms with Gasteiger partial charge in [-0.2, -0.15) is 0 Å². The third-order valence-corrected chi connectivity index (χ3v) is 5.12. The molecule has 29 heavy (non-hydrogen) atoms. The molecule has 0 fully saturated rings. The van der Waals surface area contributed by atoms with E-state index in [2.05, 4.69) is 28.1 Å². The Morgan fingerprint density at radius 2 is 1.48 bits per heavy atom. The van der Waals surface area contributed by atoms with Crippen LogP contribution in [0.4, 0.5) is 17.1 Å². The Balaban J connectivity index is 1.78. The number of nitrogens with zero attached hydrogens (tertiary/aromatic N) is 1. The second-order valence-electron chi connectivity index (χ2n) is 8.54. The molecule has 4 aromatic rings. The van der Waals surface area contributed by atoms with Gasteiger partial charge in [-0.1, -0.05) is 45.0 Å². The van der Waals surface area contributed by atoms with E-state index in [1.807, 2.05) is 63.2 Å². The number of amides is 1. The zero-order valence-electron chi connectivity index (χ0n) is 17.0. The number of hydrogen-bond acceptors (Lipinski definition) is 3. The van der Waals surface area contributed by atoms with E-state index in [0.29, 0.717) is 6.54 Å². The molecule has 0 aliphatic heterocycles. The maximum atomic E-state index is 12.3. The third-order valence-electron chi connectivity index (χ3n) is 5.12. The molecule has 0 saturated heterocycles. The molecule has 1 amide bonds. The van der Waals surface area contributed by atoms with Crippen LogP contribution in [0, 0.1) is 5.41 Å². The van der Waals surface area contributed by atoms with Crippen LogP contribution in [0.15, 0.2) is 60.7 Å². The third kappa shape index (κ3) is 3.63. The van der Waals surface area contributed by atoms with Crippen LogP contribution in [-0.4, -0.2) is 10.5 Å². The maximum Gasteiger partial charge on any atom is 0.229 e. The zero-order valence-corrected chi connectivity index (χ0v) is 17.0. The van der Waals surface area contributed by atoms with E-state index in [-0.39, 0.29) is 5.91 Å². The molecule has 0 radical (unpaired) electrons. The maximum absolute atomic E-state index is 12.3. The summed E-state index contributed by atoms with van der Waals surface area (Å²) < 4.78 is 2.22. The van der Waals surface area contributed by atoms with Crippen LogP contribution >= 0.6 is 0 Å². The van der Waals surface area contributed by atoms with Crippen LogP contribution in [0.2, 0.25) is 0 Å². The smallest absolute Gasteiger partial charge is 0.229 e. The fourth-order valence-electron chi connectivity index (χ4n) is 3.55. The topological polar surface area (TPSA) is 86.1 Å². The van der Waals surface area contributed by atoms with Crippen molar-refractivity contribution in [3.8, 4) is 0 Å². The molecule has 0 unspecified atom stereocenters. The lowest BCUT2D eigenvalue weighted by Crippen LogP contribution is -2.27. The number of carbonyl (C=O) groups excluding carboxylic acids is 1. The average molecular weight is 386 g/mol. The number of aromatic nitrogens is 1. The molecule has 0 atom stereocenters. The van der Waals surface area contributed by atoms with E-state index >= 15 is 0 Å². The number of hydrogen-bond donors (Lipinski definition) is 3. The van der Waals surface area contributed by atoms with Gasteiger partial charge < -0.3 is 21.4 Å². The summed E-state index contributed by atoms with van der Waals surface area (Å²) in [6, 6.07) is 19.9. The summed E-state index contributed by atoms with van der Waals surface area (Å²) >= 11 is 0. The van der Waals surface area contributed by atoms with Crippen molar-refractivity contribution in [3.63, 3.8) is 0 Å². The molecule has 4 rings (SSSR count). The fraction of sp³-hybridized carbons (Fsp3) is 0.208. The lowest BCUT2D eigenvalue weighted by Gasteiger charge is -2.18. The minimum Gasteiger partial charge on any atom is -0.399 e. The molecule has 0 saturated carbocycles. The van der Waals surface area contributed by atoms with Crippen LogP contribution < -0.4 is 16.8 Å². The number of nitrogens with one attached hydrogen (secondary N) is 1. The monoisotopic (exact) mass is 386 g/mol. The van der Waals surface area contributed by atoms with Gasteiger partial charge in [0, 0.05) is 39.8 Å². The van der Waals surface area contributed by atoms with Crippen LogP contribution in [0.3, 0.4) is 0 Å². The summed E-state index contributed by atoms with van der Waals surface area (Å²) in [6.07, 6.45) is 0. The minimum absolute atomic E-state index is 0.00735. The van der Waals surface area contributed by atoms with Gasteiger partial charge >= 0.3 is 0 Å². The highest BCUT2D eigenvalue weighted by Crippen LogP contribution is 2.32. The normalized spacial score (nSPS) is 11.8. The van der Waals surface area contributed by atoms with Gasteiger partial charge in [-0.25, -0.2) is 0 Å². The van der Waals surface area contributed by atoms with Crippen molar-refractivity contribution >= 4 is 44.8 Å². The van der Waals surface area contributed by atoms with Crippen molar-refractivity contribution < 1.29 is 4.79 Å². The molecule has 3 aromatic carbocycles. The lowest BCUT2D eigenvalue weighted by atomic mass is 9.95. The van der Waals surface area contributed by atoms with Crippen LogP contribution in [0.1, 0.15) is 26.3 Å². The average Bonchev–Trinajstić information content (AvgIpc) is 2.93. The Morgan fingerprint density at radius 3 is 2.03 bits per heavy atom. The molecule has 0 spiro atoms. The molecule has 1 aromatic heterocycles. The molecule has 1 heterocycles. The summed E-state index contributed by atoms with van der Waals surface area (Å²) in [5, 5.41) is 5.30. The molecule has 5 N–H and O–H groups in total. The highest BCUT2D eigenvalue weighted by molar-refractivity contribution is 6.09. The van der Waals surface area contributed by atoms with E-state index < -0.39 is 5.41 Å². The number of rotatable bonds is 3. The quantitative estimate of drug-likeness (QED) is 0.434. The summed E-state index contributed by atoms with van der Waals surface area (Å²) in [5.74, 6) is -0.00735. The van der Waals surface area contributed by atoms with E-state index in [4.69, 9.17) is 11.5 Å². The molecule has 5 nitrogen and oxygen atoms in total. The lowest BCUT2D eigenvalue weighted by molar-refractivity contribution is -0.123. The largest absolute Gasteiger partial charge is 0.399 e. The van der Waals surface area contributed by atoms with Crippen molar-refractivity contribution in [2.75, 3.05) is 16.8 Å². The fourth-order valence-corrected chi connectivity index (χ4v) is 3.55. The second kappa shape index (κ2) is 6.85. The van der Waals surface area contributed by atoms with Crippen molar-refractivity contribution in [1.82, 2.24) is 4.57 Å². The van der Waals surface area contributed by atoms with Crippen molar-refractivity contribution in [1.29, 1.82) is 0 Å². The first-order chi connectivity index (χ1) is 13.7. The number of nitrogens with two attached hydrogens (primary N) is 2. The van der Waals surface area contributed by atoms with Crippen molar-refractivity contribution in [2.45, 2.75) is 27.3 Å². The number of carbonyl (C=O) groups is 1. The molecular weight excluding hydrogens is 360 g/mol. The Kier molecular flexibility index (Phi) is 4.46.